The third kappa shape index (κ3) is 2.71. The second kappa shape index (κ2) is 5.58. The highest BCUT2D eigenvalue weighted by Crippen LogP contribution is 2.24. The molecule has 2 heterocycles. The van der Waals surface area contributed by atoms with Crippen molar-refractivity contribution in [3.05, 3.63) is 35.9 Å². The van der Waals surface area contributed by atoms with E-state index in [-0.39, 0.29) is 0 Å². The molecule has 0 saturated carbocycles. The van der Waals surface area contributed by atoms with Gasteiger partial charge in [0.1, 0.15) is 10.8 Å². The summed E-state index contributed by atoms with van der Waals surface area (Å²) in [6, 6.07) is 10.6. The van der Waals surface area contributed by atoms with Gasteiger partial charge in [-0.1, -0.05) is 30.4 Å². The van der Waals surface area contributed by atoms with Crippen LogP contribution in [0.1, 0.15) is 12.5 Å². The van der Waals surface area contributed by atoms with Crippen molar-refractivity contribution in [2.24, 2.45) is 5.73 Å². The highest BCUT2D eigenvalue weighted by molar-refractivity contribution is 7.80. The molecule has 3 rings (SSSR count). The molecule has 0 bridgehead atoms. The van der Waals surface area contributed by atoms with E-state index in [1.54, 1.807) is 0 Å². The maximum Gasteiger partial charge on any atom is 0.130 e. The number of nitrogens with zero attached hydrogens (tertiary/aromatic N) is 3. The van der Waals surface area contributed by atoms with Gasteiger partial charge in [0.25, 0.3) is 0 Å². The number of nitrogens with two attached hydrogens (primary N) is 1. The molecule has 1 atom stereocenters. The summed E-state index contributed by atoms with van der Waals surface area (Å²) in [5.41, 5.74) is 7.77. The van der Waals surface area contributed by atoms with Crippen molar-refractivity contribution in [1.82, 2.24) is 9.88 Å². The van der Waals surface area contributed by atoms with Crippen LogP contribution < -0.4 is 10.6 Å². The molecule has 5 heteroatoms. The molecule has 21 heavy (non-hydrogen) atoms. The molecule has 1 unspecified atom stereocenters. The Kier molecular flexibility index (Phi) is 3.78. The van der Waals surface area contributed by atoms with E-state index in [2.05, 4.69) is 23.8 Å². The lowest BCUT2D eigenvalue weighted by molar-refractivity contribution is 0.233. The van der Waals surface area contributed by atoms with Crippen LogP contribution in [0.25, 0.3) is 10.9 Å². The second-order valence-corrected chi connectivity index (χ2v) is 6.12. The first-order valence-corrected chi connectivity index (χ1v) is 7.62. The zero-order valence-corrected chi connectivity index (χ0v) is 13.2. The Balaban J connectivity index is 2.05. The summed E-state index contributed by atoms with van der Waals surface area (Å²) < 4.78 is 0. The molecule has 2 aromatic rings. The summed E-state index contributed by atoms with van der Waals surface area (Å²) in [6.45, 7) is 5.22. The van der Waals surface area contributed by atoms with Crippen molar-refractivity contribution in [3.63, 3.8) is 0 Å². The van der Waals surface area contributed by atoms with E-state index in [1.807, 2.05) is 30.3 Å². The van der Waals surface area contributed by atoms with Crippen molar-refractivity contribution in [2.75, 3.05) is 31.6 Å². The van der Waals surface area contributed by atoms with Gasteiger partial charge >= 0.3 is 0 Å². The number of aromatic nitrogens is 1. The smallest absolute Gasteiger partial charge is 0.130 e. The molecule has 0 amide bonds. The van der Waals surface area contributed by atoms with Crippen LogP contribution in [0, 0.1) is 0 Å². The van der Waals surface area contributed by atoms with E-state index >= 15 is 0 Å². The summed E-state index contributed by atoms with van der Waals surface area (Å²) in [7, 11) is 2.16. The van der Waals surface area contributed by atoms with Crippen LogP contribution >= 0.6 is 12.2 Å². The van der Waals surface area contributed by atoms with E-state index in [0.29, 0.717) is 11.0 Å². The molecule has 1 aliphatic heterocycles. The number of anilines is 1. The Morgan fingerprint density at radius 3 is 2.81 bits per heavy atom. The van der Waals surface area contributed by atoms with Crippen molar-refractivity contribution in [1.29, 1.82) is 0 Å². The number of fused-ring (bicyclic) bond motifs is 1. The van der Waals surface area contributed by atoms with E-state index in [4.69, 9.17) is 22.9 Å². The van der Waals surface area contributed by atoms with Gasteiger partial charge in [0.15, 0.2) is 0 Å². The predicted octanol–water partition coefficient (Wildman–Crippen LogP) is 2.01. The first-order valence-electron chi connectivity index (χ1n) is 7.21. The summed E-state index contributed by atoms with van der Waals surface area (Å²) >= 11 is 5.22. The largest absolute Gasteiger partial charge is 0.389 e. The van der Waals surface area contributed by atoms with Gasteiger partial charge in [0.05, 0.1) is 5.52 Å². The molecule has 0 radical (unpaired) electrons. The van der Waals surface area contributed by atoms with Crippen molar-refractivity contribution >= 4 is 33.9 Å². The molecule has 0 aliphatic carbocycles. The quantitative estimate of drug-likeness (QED) is 0.860. The fourth-order valence-corrected chi connectivity index (χ4v) is 2.95. The molecule has 110 valence electrons. The van der Waals surface area contributed by atoms with E-state index in [1.165, 1.54) is 0 Å². The first kappa shape index (κ1) is 14.2. The third-order valence-corrected chi connectivity index (χ3v) is 4.47. The van der Waals surface area contributed by atoms with Gasteiger partial charge in [-0.2, -0.15) is 0 Å². The number of pyridine rings is 1. The van der Waals surface area contributed by atoms with Gasteiger partial charge in [-0.05, 0) is 26.1 Å². The fourth-order valence-electron chi connectivity index (χ4n) is 2.78. The third-order valence-electron chi connectivity index (χ3n) is 4.25. The summed E-state index contributed by atoms with van der Waals surface area (Å²) in [5.74, 6) is 0.969. The van der Waals surface area contributed by atoms with Gasteiger partial charge in [0, 0.05) is 36.6 Å². The maximum absolute atomic E-state index is 5.90. The molecule has 1 fully saturated rings. The van der Waals surface area contributed by atoms with Crippen molar-refractivity contribution in [3.8, 4) is 0 Å². The number of thiocarbonyl (C=S) groups is 1. The minimum Gasteiger partial charge on any atom is -0.389 e. The van der Waals surface area contributed by atoms with Crippen LogP contribution in [0.15, 0.2) is 30.3 Å². The first-order chi connectivity index (χ1) is 10.1. The highest BCUT2D eigenvalue weighted by Gasteiger charge is 2.22. The highest BCUT2D eigenvalue weighted by atomic mass is 32.1. The van der Waals surface area contributed by atoms with Crippen LogP contribution in [0.4, 0.5) is 5.82 Å². The predicted molar refractivity (Wildman–Crippen MR) is 91.9 cm³/mol. The fraction of sp³-hybridized carbons (Fsp3) is 0.375. The monoisotopic (exact) mass is 300 g/mol. The normalized spacial score (nSPS) is 19.9. The van der Waals surface area contributed by atoms with Gasteiger partial charge in [-0.3, -0.25) is 0 Å². The molecule has 4 nitrogen and oxygen atoms in total. The zero-order valence-electron chi connectivity index (χ0n) is 12.4. The molecule has 2 N–H and O–H groups in total. The number of likely N-dealkylation sites (N-methyl/N-ethyl adjacent to an activating group) is 1. The number of rotatable bonds is 2. The van der Waals surface area contributed by atoms with E-state index < -0.39 is 0 Å². The molecule has 1 aliphatic rings. The van der Waals surface area contributed by atoms with Gasteiger partial charge in [0.2, 0.25) is 0 Å². The Labute approximate surface area is 130 Å². The zero-order chi connectivity index (χ0) is 15.0. The van der Waals surface area contributed by atoms with Crippen LogP contribution in [-0.4, -0.2) is 47.6 Å². The molecule has 1 aromatic heterocycles. The number of hydrogen-bond donors (Lipinski definition) is 1. The molecule has 1 saturated heterocycles. The lowest BCUT2D eigenvalue weighted by atomic mass is 10.1. The second-order valence-electron chi connectivity index (χ2n) is 5.69. The van der Waals surface area contributed by atoms with E-state index in [0.717, 1.165) is 41.9 Å². The topological polar surface area (TPSA) is 45.4 Å². The number of piperazine rings is 1. The van der Waals surface area contributed by atoms with Crippen molar-refractivity contribution in [2.45, 2.75) is 13.0 Å². The average Bonchev–Trinajstić information content (AvgIpc) is 2.48. The minimum atomic E-state index is 0.428. The minimum absolute atomic E-state index is 0.428. The SMILES string of the molecule is CC1CN(c2cc(C(N)=S)c3ccccc3n2)CCN1C. The van der Waals surface area contributed by atoms with Crippen LogP contribution in [0.3, 0.4) is 0 Å². The Morgan fingerprint density at radius 1 is 1.33 bits per heavy atom. The number of hydrogen-bond acceptors (Lipinski definition) is 4. The summed E-state index contributed by atoms with van der Waals surface area (Å²) in [6.07, 6.45) is 0. The van der Waals surface area contributed by atoms with Gasteiger partial charge in [-0.25, -0.2) is 4.98 Å². The summed E-state index contributed by atoms with van der Waals surface area (Å²) in [4.78, 5) is 9.91. The molecular weight excluding hydrogens is 280 g/mol. The Morgan fingerprint density at radius 2 is 2.10 bits per heavy atom. The van der Waals surface area contributed by atoms with Gasteiger partial charge < -0.3 is 15.5 Å². The standard InChI is InChI=1S/C16H20N4S/c1-11-10-20(8-7-19(11)2)15-9-13(16(17)21)12-5-3-4-6-14(12)18-15/h3-6,9,11H,7-8,10H2,1-2H3,(H2,17,21). The van der Waals surface area contributed by atoms with Crippen LogP contribution in [-0.2, 0) is 0 Å². The lowest BCUT2D eigenvalue weighted by Crippen LogP contribution is -2.50. The van der Waals surface area contributed by atoms with Crippen molar-refractivity contribution < 1.29 is 0 Å². The molecule has 0 spiro atoms. The van der Waals surface area contributed by atoms with Crippen LogP contribution in [0.2, 0.25) is 0 Å². The molecular formula is C16H20N4S. The Bertz CT molecular complexity index is 685. The van der Waals surface area contributed by atoms with Gasteiger partial charge in [-0.15, -0.1) is 0 Å². The number of benzene rings is 1. The average molecular weight is 300 g/mol. The van der Waals surface area contributed by atoms with E-state index in [9.17, 15) is 0 Å². The molecule has 1 aromatic carbocycles. The lowest BCUT2D eigenvalue weighted by Gasteiger charge is -2.38. The van der Waals surface area contributed by atoms with Crippen LogP contribution in [0.5, 0.6) is 0 Å². The number of para-hydroxylation sites is 1. The summed E-state index contributed by atoms with van der Waals surface area (Å²) in [5, 5.41) is 1.02. The maximum atomic E-state index is 5.90. The Hall–Kier alpha value is -1.72.